The first-order valence-corrected chi connectivity index (χ1v) is 33.3. The zero-order valence-corrected chi connectivity index (χ0v) is 55.2. The van der Waals surface area contributed by atoms with Gasteiger partial charge in [-0.05, 0) is 201 Å². The van der Waals surface area contributed by atoms with Crippen molar-refractivity contribution in [1.29, 1.82) is 5.26 Å². The Morgan fingerprint density at radius 3 is 1.47 bits per heavy atom. The maximum atomic E-state index is 11.7. The Hall–Kier alpha value is -8.69. The number of esters is 2. The molecule has 0 atom stereocenters. The second-order valence-corrected chi connectivity index (χ2v) is 26.5. The van der Waals surface area contributed by atoms with Gasteiger partial charge in [-0.2, -0.15) is 5.26 Å². The molecule has 6 fully saturated rings. The third kappa shape index (κ3) is 18.2. The molecule has 5 N–H and O–H groups in total. The molecule has 0 aromatic carbocycles. The van der Waals surface area contributed by atoms with Gasteiger partial charge in [0.1, 0.15) is 23.1 Å². The fourth-order valence-corrected chi connectivity index (χ4v) is 12.5. The van der Waals surface area contributed by atoms with Crippen molar-refractivity contribution in [1.82, 2.24) is 34.9 Å². The lowest BCUT2D eigenvalue weighted by Gasteiger charge is -2.35. The Kier molecular flexibility index (Phi) is 23.3. The smallest absolute Gasteiger partial charge is 0.410 e. The lowest BCUT2D eigenvalue weighted by molar-refractivity contribution is -0.146. The average molecular weight is 1270 g/mol. The number of anilines is 3. The summed E-state index contributed by atoms with van der Waals surface area (Å²) in [5.74, 6) is 2.94. The minimum atomic E-state index is -1.15. The first kappa shape index (κ1) is 69.7. The third-order valence-corrected chi connectivity index (χ3v) is 19.2. The number of nitrogens with one attached hydrogen (secondary N) is 2. The summed E-state index contributed by atoms with van der Waals surface area (Å²) in [4.78, 5) is 57.2. The number of carbonyl (C=O) groups is 2. The van der Waals surface area contributed by atoms with Gasteiger partial charge in [0, 0.05) is 121 Å². The molecule has 10 heterocycles. The van der Waals surface area contributed by atoms with Gasteiger partial charge in [0.05, 0.1) is 43.1 Å². The molecular weight excluding hydrogens is 1180 g/mol. The van der Waals surface area contributed by atoms with Crippen molar-refractivity contribution in [3.05, 3.63) is 203 Å². The van der Waals surface area contributed by atoms with Gasteiger partial charge < -0.3 is 45.0 Å². The van der Waals surface area contributed by atoms with E-state index in [1.165, 1.54) is 93.0 Å². The predicted molar refractivity (Wildman–Crippen MR) is 365 cm³/mol. The van der Waals surface area contributed by atoms with Crippen LogP contribution in [0.3, 0.4) is 0 Å². The number of pyridine rings is 7. The molecule has 0 radical (unpaired) electrons. The molecule has 3 aliphatic heterocycles. The Bertz CT molecular complexity index is 3570. The number of nitriles is 1. The van der Waals surface area contributed by atoms with Crippen LogP contribution in [-0.4, -0.2) is 121 Å². The summed E-state index contributed by atoms with van der Waals surface area (Å²) in [5.41, 5.74) is 8.76. The molecule has 7 aromatic heterocycles. The van der Waals surface area contributed by atoms with E-state index in [2.05, 4.69) is 74.6 Å². The van der Waals surface area contributed by atoms with Gasteiger partial charge in [-0.1, -0.05) is 42.5 Å². The molecule has 6 aliphatic carbocycles. The van der Waals surface area contributed by atoms with Crippen molar-refractivity contribution in [2.45, 2.75) is 175 Å². The average Bonchev–Trinajstić information content (AvgIpc) is 1.61. The minimum Gasteiger partial charge on any atom is -0.466 e. The number of carbonyl (C=O) groups excluding carboxylic acids is 2. The zero-order valence-electron chi connectivity index (χ0n) is 55.2. The molecule has 16 rings (SSSR count). The quantitative estimate of drug-likeness (QED) is 0.0349. The van der Waals surface area contributed by atoms with Crippen molar-refractivity contribution in [3.63, 3.8) is 0 Å². The summed E-state index contributed by atoms with van der Waals surface area (Å²) in [5, 5.41) is 41.8. The lowest BCUT2D eigenvalue weighted by atomic mass is 9.79. The van der Waals surface area contributed by atoms with Crippen LogP contribution >= 0.6 is 0 Å². The van der Waals surface area contributed by atoms with Crippen LogP contribution in [0.2, 0.25) is 6.82 Å². The number of ether oxygens (including phenoxy) is 2. The lowest BCUT2D eigenvalue weighted by Crippen LogP contribution is -2.43. The third-order valence-electron chi connectivity index (χ3n) is 19.2. The standard InChI is InChI=1S/C11H15BN2O.C11H13NO2.2C10H12N2.C10H10N2.C9H11NO2.C9H11NO.C4H7NO/c1-12(15)14-8-6-11(4-5-11)9-3-2-7-13-10(9)14;1-2-14-10(13)11(5-6-11)9-4-3-7-12-8-9;2*1-2-8-9(11-6-1)12-7-5-10(8)3-4-10;1-11-8-10(4-5-10)9-3-2-6-12-7-9;1-2-12-9(11)6-8-4-3-5-10-7-8;11-7-9(3-4-9)8-2-1-5-10-6-8;1-4(2,6)3-5/h2-3,7,15H,4-6,8H2,1H3;3-4,7-8H,2,5-6H2,1H3;2*1-2,6H,3-5,7H2,(H,11,12);2-3,6-7H,4-5,8H2;3-5,7H,2,6H2,1H3;1-2,5-6,11H,3-4,7H2;6H,1-2H3. The number of aliphatic hydroxyl groups excluding tert-OH is 1. The minimum absolute atomic E-state index is 0.0776. The van der Waals surface area contributed by atoms with Gasteiger partial charge >= 0.3 is 19.0 Å². The highest BCUT2D eigenvalue weighted by atomic mass is 16.5. The fraction of sp³-hybridized carbons (Fsp3) is 0.473. The largest absolute Gasteiger partial charge is 0.466 e. The summed E-state index contributed by atoms with van der Waals surface area (Å²) < 4.78 is 9.84. The van der Waals surface area contributed by atoms with Gasteiger partial charge in [-0.15, -0.1) is 0 Å². The molecule has 94 heavy (non-hydrogen) atoms. The molecule has 19 nitrogen and oxygen atoms in total. The van der Waals surface area contributed by atoms with Gasteiger partial charge in [0.2, 0.25) is 6.54 Å². The highest BCUT2D eigenvalue weighted by Gasteiger charge is 2.54. The fourth-order valence-electron chi connectivity index (χ4n) is 12.5. The van der Waals surface area contributed by atoms with E-state index in [9.17, 15) is 14.6 Å². The molecule has 0 saturated heterocycles. The second-order valence-electron chi connectivity index (χ2n) is 26.5. The summed E-state index contributed by atoms with van der Waals surface area (Å²) in [6.45, 7) is 20.1. The first-order chi connectivity index (χ1) is 45.5. The van der Waals surface area contributed by atoms with Crippen LogP contribution in [-0.2, 0) is 58.0 Å². The van der Waals surface area contributed by atoms with E-state index >= 15 is 0 Å². The molecule has 0 unspecified atom stereocenters. The predicted octanol–water partition coefficient (Wildman–Crippen LogP) is 11.6. The number of hydrogen-bond acceptors (Lipinski definition) is 18. The van der Waals surface area contributed by atoms with E-state index in [0.29, 0.717) is 42.4 Å². The van der Waals surface area contributed by atoms with Crippen molar-refractivity contribution < 1.29 is 34.3 Å². The number of aliphatic hydroxyl groups is 2. The molecule has 9 aliphatic rings. The Morgan fingerprint density at radius 1 is 0.617 bits per heavy atom. The number of hydrogen-bond donors (Lipinski definition) is 5. The number of nitrogens with zero attached hydrogens (tertiary/aromatic N) is 10. The monoisotopic (exact) mass is 1270 g/mol. The van der Waals surface area contributed by atoms with E-state index < -0.39 is 12.7 Å². The zero-order chi connectivity index (χ0) is 66.7. The molecule has 6 saturated carbocycles. The van der Waals surface area contributed by atoms with Crippen LogP contribution in [0.4, 0.5) is 17.5 Å². The Labute approximate surface area is 554 Å². The summed E-state index contributed by atoms with van der Waals surface area (Å²) in [6, 6.07) is 29.8. The molecule has 20 heteroatoms. The molecule has 7 aromatic rings. The van der Waals surface area contributed by atoms with Crippen molar-refractivity contribution in [2.75, 3.05) is 61.4 Å². The highest BCUT2D eigenvalue weighted by Crippen LogP contribution is 2.57. The second kappa shape index (κ2) is 31.5. The maximum absolute atomic E-state index is 11.7. The van der Waals surface area contributed by atoms with Gasteiger partial charge in [-0.25, -0.2) is 21.5 Å². The van der Waals surface area contributed by atoms with E-state index in [0.717, 1.165) is 93.2 Å². The number of aromatic nitrogens is 7. The van der Waals surface area contributed by atoms with Crippen LogP contribution in [0.1, 0.15) is 163 Å². The highest BCUT2D eigenvalue weighted by molar-refractivity contribution is 6.53. The van der Waals surface area contributed by atoms with Gasteiger partial charge in [-0.3, -0.25) is 29.5 Å². The van der Waals surface area contributed by atoms with Crippen molar-refractivity contribution in [3.8, 4) is 6.07 Å². The van der Waals surface area contributed by atoms with Crippen LogP contribution < -0.4 is 15.4 Å². The van der Waals surface area contributed by atoms with E-state index in [1.807, 2.05) is 104 Å². The molecule has 0 amide bonds. The molecule has 0 bridgehead atoms. The van der Waals surface area contributed by atoms with Crippen molar-refractivity contribution >= 4 is 36.4 Å². The van der Waals surface area contributed by atoms with Crippen LogP contribution in [0.5, 0.6) is 0 Å². The topological polar surface area (TPSA) is 259 Å². The van der Waals surface area contributed by atoms with Crippen LogP contribution in [0.25, 0.3) is 4.85 Å². The normalized spacial score (nSPS) is 18.4. The maximum Gasteiger partial charge on any atom is 0.410 e. The summed E-state index contributed by atoms with van der Waals surface area (Å²) >= 11 is 0. The SMILES string of the molecule is CB(O)N1CCC2(CC2)c2cccnc21.CC(C)(O)C#N.CCOC(=O)C1(c2cccnc2)CC1.CCOC(=O)Cc1cccnc1.OCC1(c2cccnc2)CC1.[C-]#[N+]CC1(c2cccnc2)CC1.c1cnc2c(c1)C1(CCN2)CC1.c1cnc2c(c1)C1(CCN2)CC1. The van der Waals surface area contributed by atoms with E-state index in [1.54, 1.807) is 56.2 Å². The number of fused-ring (bicyclic) bond motifs is 6. The van der Waals surface area contributed by atoms with Gasteiger partial charge in [0.25, 0.3) is 0 Å². The Morgan fingerprint density at radius 2 is 1.06 bits per heavy atom. The van der Waals surface area contributed by atoms with Crippen LogP contribution in [0.15, 0.2) is 153 Å². The molecule has 492 valence electrons. The summed E-state index contributed by atoms with van der Waals surface area (Å²) in [7, 11) is -0.435. The Balaban J connectivity index is 0.000000128. The van der Waals surface area contributed by atoms with E-state index in [-0.39, 0.29) is 34.8 Å². The van der Waals surface area contributed by atoms with E-state index in [4.69, 9.17) is 31.5 Å². The molecule has 3 spiro atoms. The first-order valence-electron chi connectivity index (χ1n) is 33.3. The van der Waals surface area contributed by atoms with Crippen molar-refractivity contribution in [2.24, 2.45) is 0 Å². The van der Waals surface area contributed by atoms with Gasteiger partial charge in [0.15, 0.2) is 0 Å². The number of rotatable bonds is 11. The molecular formula is C74H91BN12O7. The summed E-state index contributed by atoms with van der Waals surface area (Å²) in [6.07, 6.45) is 38.0. The van der Waals surface area contributed by atoms with Crippen LogP contribution in [0, 0.1) is 17.9 Å².